The summed E-state index contributed by atoms with van der Waals surface area (Å²) in [6, 6.07) is 10.2. The molecule has 0 aromatic heterocycles. The second-order valence-electron chi connectivity index (χ2n) is 7.22. The van der Waals surface area contributed by atoms with Crippen LogP contribution in [-0.4, -0.2) is 18.7 Å². The van der Waals surface area contributed by atoms with Gasteiger partial charge in [-0.3, -0.25) is 0 Å². The topological polar surface area (TPSA) is 21.3 Å². The molecular formula is C18H29NO. The first-order chi connectivity index (χ1) is 9.49. The first-order valence-corrected chi connectivity index (χ1v) is 7.92. The number of hydrogen-bond donors (Lipinski definition) is 1. The van der Waals surface area contributed by atoms with Crippen molar-refractivity contribution in [2.24, 2.45) is 5.41 Å². The van der Waals surface area contributed by atoms with Crippen molar-refractivity contribution in [3.8, 4) is 5.75 Å². The molecule has 2 nitrogen and oxygen atoms in total. The number of ether oxygens (including phenoxy) is 1. The first kappa shape index (κ1) is 15.4. The molecule has 1 aromatic carbocycles. The first-order valence-electron chi connectivity index (χ1n) is 7.92. The largest absolute Gasteiger partial charge is 0.494 e. The lowest BCUT2D eigenvalue weighted by Crippen LogP contribution is -2.43. The van der Waals surface area contributed by atoms with Gasteiger partial charge in [0.1, 0.15) is 5.75 Å². The average molecular weight is 275 g/mol. The maximum Gasteiger partial charge on any atom is 0.119 e. The predicted molar refractivity (Wildman–Crippen MR) is 85.2 cm³/mol. The normalized spacial score (nSPS) is 18.1. The van der Waals surface area contributed by atoms with E-state index in [0.29, 0.717) is 5.41 Å². The summed E-state index contributed by atoms with van der Waals surface area (Å²) in [5.74, 6) is 0.990. The fraction of sp³-hybridized carbons (Fsp3) is 0.667. The van der Waals surface area contributed by atoms with Crippen LogP contribution in [0.15, 0.2) is 30.3 Å². The standard InChI is InChI=1S/C18H29NO/c1-17(2,3)19-15-18(11-7-8-12-18)13-14-20-16-9-5-4-6-10-16/h4-6,9-10,19H,7-8,11-15H2,1-3H3. The molecule has 0 spiro atoms. The van der Waals surface area contributed by atoms with Crippen molar-refractivity contribution in [1.29, 1.82) is 0 Å². The van der Waals surface area contributed by atoms with Gasteiger partial charge in [-0.05, 0) is 57.6 Å². The van der Waals surface area contributed by atoms with Gasteiger partial charge >= 0.3 is 0 Å². The zero-order valence-electron chi connectivity index (χ0n) is 13.2. The molecular weight excluding hydrogens is 246 g/mol. The van der Waals surface area contributed by atoms with Crippen LogP contribution in [0.2, 0.25) is 0 Å². The van der Waals surface area contributed by atoms with Gasteiger partial charge in [-0.25, -0.2) is 0 Å². The Morgan fingerprint density at radius 1 is 1.10 bits per heavy atom. The molecule has 1 aliphatic carbocycles. The second-order valence-corrected chi connectivity index (χ2v) is 7.22. The Kier molecular flexibility index (Phi) is 5.09. The lowest BCUT2D eigenvalue weighted by Gasteiger charge is -2.33. The Morgan fingerprint density at radius 2 is 1.75 bits per heavy atom. The van der Waals surface area contributed by atoms with E-state index in [1.165, 1.54) is 25.7 Å². The highest BCUT2D eigenvalue weighted by atomic mass is 16.5. The summed E-state index contributed by atoms with van der Waals surface area (Å²) in [7, 11) is 0. The molecule has 0 aliphatic heterocycles. The van der Waals surface area contributed by atoms with E-state index in [-0.39, 0.29) is 5.54 Å². The Morgan fingerprint density at radius 3 is 2.35 bits per heavy atom. The SMILES string of the molecule is CC(C)(C)NCC1(CCOc2ccccc2)CCCC1. The van der Waals surface area contributed by atoms with Crippen LogP contribution in [0.25, 0.3) is 0 Å². The summed E-state index contributed by atoms with van der Waals surface area (Å²) in [6.45, 7) is 8.69. The number of hydrogen-bond acceptors (Lipinski definition) is 2. The predicted octanol–water partition coefficient (Wildman–Crippen LogP) is 4.40. The van der Waals surface area contributed by atoms with Gasteiger partial charge in [0.15, 0.2) is 0 Å². The quantitative estimate of drug-likeness (QED) is 0.830. The molecule has 0 atom stereocenters. The molecule has 2 rings (SSSR count). The Bertz CT molecular complexity index is 388. The van der Waals surface area contributed by atoms with Crippen LogP contribution >= 0.6 is 0 Å². The summed E-state index contributed by atoms with van der Waals surface area (Å²) in [5, 5.41) is 3.70. The minimum absolute atomic E-state index is 0.204. The van der Waals surface area contributed by atoms with Crippen LogP contribution in [0.5, 0.6) is 5.75 Å². The van der Waals surface area contributed by atoms with E-state index in [9.17, 15) is 0 Å². The van der Waals surface area contributed by atoms with Gasteiger partial charge in [0.2, 0.25) is 0 Å². The molecule has 0 heterocycles. The molecule has 2 heteroatoms. The lowest BCUT2D eigenvalue weighted by molar-refractivity contribution is 0.179. The molecule has 0 unspecified atom stereocenters. The van der Waals surface area contributed by atoms with Crippen molar-refractivity contribution in [2.45, 2.75) is 58.4 Å². The molecule has 0 radical (unpaired) electrons. The maximum atomic E-state index is 5.90. The van der Waals surface area contributed by atoms with Gasteiger partial charge in [0.25, 0.3) is 0 Å². The van der Waals surface area contributed by atoms with E-state index < -0.39 is 0 Å². The molecule has 20 heavy (non-hydrogen) atoms. The summed E-state index contributed by atoms with van der Waals surface area (Å²) < 4.78 is 5.90. The average Bonchev–Trinajstić information content (AvgIpc) is 2.86. The summed E-state index contributed by atoms with van der Waals surface area (Å²) in [5.41, 5.74) is 0.651. The van der Waals surface area contributed by atoms with E-state index in [0.717, 1.165) is 25.3 Å². The third kappa shape index (κ3) is 4.82. The monoisotopic (exact) mass is 275 g/mol. The number of nitrogens with one attached hydrogen (secondary N) is 1. The van der Waals surface area contributed by atoms with Crippen LogP contribution in [0.4, 0.5) is 0 Å². The van der Waals surface area contributed by atoms with Gasteiger partial charge in [0.05, 0.1) is 6.61 Å². The zero-order valence-corrected chi connectivity index (χ0v) is 13.2. The molecule has 1 N–H and O–H groups in total. The minimum atomic E-state index is 0.204. The lowest BCUT2D eigenvalue weighted by atomic mass is 9.82. The van der Waals surface area contributed by atoms with E-state index in [2.05, 4.69) is 26.1 Å². The van der Waals surface area contributed by atoms with E-state index in [1.807, 2.05) is 30.3 Å². The molecule has 1 saturated carbocycles. The van der Waals surface area contributed by atoms with Crippen LogP contribution in [0, 0.1) is 5.41 Å². The second kappa shape index (κ2) is 6.62. The zero-order chi connectivity index (χ0) is 14.5. The minimum Gasteiger partial charge on any atom is -0.494 e. The third-order valence-electron chi connectivity index (χ3n) is 4.30. The molecule has 0 bridgehead atoms. The van der Waals surface area contributed by atoms with Crippen molar-refractivity contribution >= 4 is 0 Å². The highest BCUT2D eigenvalue weighted by molar-refractivity contribution is 5.20. The molecule has 1 fully saturated rings. The smallest absolute Gasteiger partial charge is 0.119 e. The maximum absolute atomic E-state index is 5.90. The van der Waals surface area contributed by atoms with Crippen LogP contribution in [0.3, 0.4) is 0 Å². The summed E-state index contributed by atoms with van der Waals surface area (Å²) in [6.07, 6.45) is 6.59. The molecule has 112 valence electrons. The van der Waals surface area contributed by atoms with Gasteiger partial charge in [-0.1, -0.05) is 31.0 Å². The number of para-hydroxylation sites is 1. The van der Waals surface area contributed by atoms with Gasteiger partial charge in [-0.15, -0.1) is 0 Å². The third-order valence-corrected chi connectivity index (χ3v) is 4.30. The van der Waals surface area contributed by atoms with Crippen molar-refractivity contribution in [3.05, 3.63) is 30.3 Å². The van der Waals surface area contributed by atoms with Gasteiger partial charge < -0.3 is 10.1 Å². The highest BCUT2D eigenvalue weighted by Crippen LogP contribution is 2.40. The van der Waals surface area contributed by atoms with Crippen LogP contribution < -0.4 is 10.1 Å². The van der Waals surface area contributed by atoms with Crippen LogP contribution in [-0.2, 0) is 0 Å². The van der Waals surface area contributed by atoms with Crippen molar-refractivity contribution in [2.75, 3.05) is 13.2 Å². The van der Waals surface area contributed by atoms with Gasteiger partial charge in [-0.2, -0.15) is 0 Å². The highest BCUT2D eigenvalue weighted by Gasteiger charge is 2.34. The molecule has 1 aromatic rings. The van der Waals surface area contributed by atoms with Crippen molar-refractivity contribution in [1.82, 2.24) is 5.32 Å². The summed E-state index contributed by atoms with van der Waals surface area (Å²) >= 11 is 0. The van der Waals surface area contributed by atoms with Gasteiger partial charge in [0, 0.05) is 12.1 Å². The van der Waals surface area contributed by atoms with E-state index in [4.69, 9.17) is 4.74 Å². The number of benzene rings is 1. The fourth-order valence-electron chi connectivity index (χ4n) is 2.99. The van der Waals surface area contributed by atoms with Crippen molar-refractivity contribution in [3.63, 3.8) is 0 Å². The summed E-state index contributed by atoms with van der Waals surface area (Å²) in [4.78, 5) is 0. The number of rotatable bonds is 6. The van der Waals surface area contributed by atoms with E-state index >= 15 is 0 Å². The molecule has 0 saturated heterocycles. The molecule has 1 aliphatic rings. The Balaban J connectivity index is 1.83. The fourth-order valence-corrected chi connectivity index (χ4v) is 2.99. The van der Waals surface area contributed by atoms with E-state index in [1.54, 1.807) is 0 Å². The molecule has 0 amide bonds. The van der Waals surface area contributed by atoms with Crippen molar-refractivity contribution < 1.29 is 4.74 Å². The Hall–Kier alpha value is -1.02. The van der Waals surface area contributed by atoms with Crippen LogP contribution in [0.1, 0.15) is 52.9 Å². The Labute approximate surface area is 123 Å².